The van der Waals surface area contributed by atoms with E-state index in [0.29, 0.717) is 29.1 Å². The van der Waals surface area contributed by atoms with Crippen LogP contribution in [0.3, 0.4) is 0 Å². The molecule has 3 N–H and O–H groups in total. The fourth-order valence-electron chi connectivity index (χ4n) is 2.94. The number of anilines is 2. The van der Waals surface area contributed by atoms with Crippen LogP contribution < -0.4 is 20.7 Å². The standard InChI is InChI=1S/C24H23N3O3S/c1-3-30-18-14-12-17(13-15-18)25-23(29)20-10-6-7-11-21(20)26-24(31)27-22(28)19-9-5-4-8-16(19)2/h4-15H,3H2,1-2H3,(H,25,29)(H2,26,27,28,31). The van der Waals surface area contributed by atoms with Crippen molar-refractivity contribution in [2.45, 2.75) is 13.8 Å². The smallest absolute Gasteiger partial charge is 0.257 e. The molecule has 7 heteroatoms. The summed E-state index contributed by atoms with van der Waals surface area (Å²) in [7, 11) is 0. The fraction of sp³-hybridized carbons (Fsp3) is 0.125. The number of rotatable bonds is 6. The SMILES string of the molecule is CCOc1ccc(NC(=O)c2ccccc2NC(=S)NC(=O)c2ccccc2C)cc1. The highest BCUT2D eigenvalue weighted by Crippen LogP contribution is 2.20. The van der Waals surface area contributed by atoms with Crippen LogP contribution >= 0.6 is 12.2 Å². The second-order valence-electron chi connectivity index (χ2n) is 6.68. The zero-order chi connectivity index (χ0) is 22.2. The zero-order valence-electron chi connectivity index (χ0n) is 17.3. The molecular weight excluding hydrogens is 410 g/mol. The molecule has 2 amide bonds. The van der Waals surface area contributed by atoms with Gasteiger partial charge in [-0.1, -0.05) is 30.3 Å². The molecular formula is C24H23N3O3S. The number of carbonyl (C=O) groups is 2. The molecule has 0 saturated heterocycles. The first-order valence-electron chi connectivity index (χ1n) is 9.79. The highest BCUT2D eigenvalue weighted by Gasteiger charge is 2.14. The molecule has 3 aromatic rings. The number of amides is 2. The Kier molecular flexibility index (Phi) is 7.35. The summed E-state index contributed by atoms with van der Waals surface area (Å²) in [5.41, 5.74) is 2.90. The quantitative estimate of drug-likeness (QED) is 0.488. The monoisotopic (exact) mass is 433 g/mol. The molecule has 158 valence electrons. The minimum atomic E-state index is -0.313. The van der Waals surface area contributed by atoms with E-state index >= 15 is 0 Å². The number of benzene rings is 3. The summed E-state index contributed by atoms with van der Waals surface area (Å²) in [6.45, 7) is 4.34. The van der Waals surface area contributed by atoms with Gasteiger partial charge in [0.2, 0.25) is 0 Å². The zero-order valence-corrected chi connectivity index (χ0v) is 18.1. The van der Waals surface area contributed by atoms with E-state index in [4.69, 9.17) is 17.0 Å². The summed E-state index contributed by atoms with van der Waals surface area (Å²) in [6, 6.07) is 21.3. The molecule has 0 radical (unpaired) electrons. The van der Waals surface area contributed by atoms with Gasteiger partial charge in [0.1, 0.15) is 5.75 Å². The van der Waals surface area contributed by atoms with Crippen LogP contribution in [0.15, 0.2) is 72.8 Å². The lowest BCUT2D eigenvalue weighted by atomic mass is 10.1. The van der Waals surface area contributed by atoms with Crippen molar-refractivity contribution in [1.82, 2.24) is 5.32 Å². The van der Waals surface area contributed by atoms with Crippen molar-refractivity contribution in [2.24, 2.45) is 0 Å². The first-order chi connectivity index (χ1) is 15.0. The lowest BCUT2D eigenvalue weighted by Crippen LogP contribution is -2.35. The Bertz CT molecular complexity index is 1100. The predicted molar refractivity (Wildman–Crippen MR) is 127 cm³/mol. The Morgan fingerprint density at radius 3 is 2.16 bits per heavy atom. The van der Waals surface area contributed by atoms with Gasteiger partial charge in [0.05, 0.1) is 17.9 Å². The van der Waals surface area contributed by atoms with E-state index in [-0.39, 0.29) is 16.9 Å². The van der Waals surface area contributed by atoms with E-state index in [1.807, 2.05) is 26.0 Å². The summed E-state index contributed by atoms with van der Waals surface area (Å²) in [5, 5.41) is 8.55. The molecule has 0 saturated carbocycles. The maximum atomic E-state index is 12.8. The van der Waals surface area contributed by atoms with E-state index in [1.165, 1.54) is 0 Å². The molecule has 3 aromatic carbocycles. The van der Waals surface area contributed by atoms with Crippen LogP contribution in [-0.2, 0) is 0 Å². The van der Waals surface area contributed by atoms with Crippen LogP contribution in [0.25, 0.3) is 0 Å². The minimum absolute atomic E-state index is 0.106. The van der Waals surface area contributed by atoms with Crippen molar-refractivity contribution in [3.8, 4) is 5.75 Å². The number of ether oxygens (including phenoxy) is 1. The molecule has 6 nitrogen and oxygen atoms in total. The van der Waals surface area contributed by atoms with Gasteiger partial charge in [-0.25, -0.2) is 0 Å². The van der Waals surface area contributed by atoms with E-state index in [1.54, 1.807) is 60.7 Å². The first kappa shape index (κ1) is 22.0. The second-order valence-corrected chi connectivity index (χ2v) is 7.09. The Labute approximate surface area is 186 Å². The number of hydrogen-bond donors (Lipinski definition) is 3. The van der Waals surface area contributed by atoms with Crippen molar-refractivity contribution in [3.05, 3.63) is 89.5 Å². The number of nitrogens with one attached hydrogen (secondary N) is 3. The summed E-state index contributed by atoms with van der Waals surface area (Å²) in [6.07, 6.45) is 0. The molecule has 0 unspecified atom stereocenters. The van der Waals surface area contributed by atoms with Gasteiger partial charge in [0.25, 0.3) is 11.8 Å². The molecule has 0 atom stereocenters. The van der Waals surface area contributed by atoms with Crippen LogP contribution in [-0.4, -0.2) is 23.5 Å². The van der Waals surface area contributed by atoms with E-state index in [2.05, 4.69) is 16.0 Å². The van der Waals surface area contributed by atoms with Gasteiger partial charge in [-0.3, -0.25) is 14.9 Å². The van der Waals surface area contributed by atoms with Crippen molar-refractivity contribution in [2.75, 3.05) is 17.2 Å². The van der Waals surface area contributed by atoms with Gasteiger partial charge < -0.3 is 15.4 Å². The van der Waals surface area contributed by atoms with E-state index in [9.17, 15) is 9.59 Å². The second kappa shape index (κ2) is 10.4. The third kappa shape index (κ3) is 5.90. The Morgan fingerprint density at radius 1 is 0.839 bits per heavy atom. The summed E-state index contributed by atoms with van der Waals surface area (Å²) >= 11 is 5.28. The van der Waals surface area contributed by atoms with Crippen LogP contribution in [0.5, 0.6) is 5.75 Å². The summed E-state index contributed by atoms with van der Waals surface area (Å²) in [4.78, 5) is 25.3. The van der Waals surface area contributed by atoms with Crippen LogP contribution in [0.4, 0.5) is 11.4 Å². The highest BCUT2D eigenvalue weighted by molar-refractivity contribution is 7.80. The van der Waals surface area contributed by atoms with Crippen molar-refractivity contribution >= 4 is 40.5 Å². The lowest BCUT2D eigenvalue weighted by Gasteiger charge is -2.14. The highest BCUT2D eigenvalue weighted by atomic mass is 32.1. The number of thiocarbonyl (C=S) groups is 1. The maximum Gasteiger partial charge on any atom is 0.257 e. The van der Waals surface area contributed by atoms with Crippen molar-refractivity contribution in [1.29, 1.82) is 0 Å². The topological polar surface area (TPSA) is 79.5 Å². The molecule has 0 bridgehead atoms. The predicted octanol–water partition coefficient (Wildman–Crippen LogP) is 4.77. The fourth-order valence-corrected chi connectivity index (χ4v) is 3.14. The average molecular weight is 434 g/mol. The summed E-state index contributed by atoms with van der Waals surface area (Å²) in [5.74, 6) is 0.115. The molecule has 3 rings (SSSR count). The third-order valence-corrected chi connectivity index (χ3v) is 4.66. The maximum absolute atomic E-state index is 12.8. The molecule has 0 spiro atoms. The molecule has 0 aromatic heterocycles. The van der Waals surface area contributed by atoms with E-state index in [0.717, 1.165) is 11.3 Å². The number of carbonyl (C=O) groups excluding carboxylic acids is 2. The molecule has 0 fully saturated rings. The Balaban J connectivity index is 1.68. The van der Waals surface area contributed by atoms with Gasteiger partial charge in [-0.05, 0) is 74.1 Å². The Hall–Kier alpha value is -3.71. The molecule has 0 heterocycles. The van der Waals surface area contributed by atoms with Crippen LogP contribution in [0.1, 0.15) is 33.2 Å². The van der Waals surface area contributed by atoms with Crippen molar-refractivity contribution < 1.29 is 14.3 Å². The first-order valence-corrected chi connectivity index (χ1v) is 10.2. The molecule has 0 aliphatic carbocycles. The average Bonchev–Trinajstić information content (AvgIpc) is 2.76. The largest absolute Gasteiger partial charge is 0.494 e. The summed E-state index contributed by atoms with van der Waals surface area (Å²) < 4.78 is 5.41. The molecule has 31 heavy (non-hydrogen) atoms. The van der Waals surface area contributed by atoms with Gasteiger partial charge in [-0.2, -0.15) is 0 Å². The normalized spacial score (nSPS) is 10.1. The third-order valence-electron chi connectivity index (χ3n) is 4.46. The molecule has 0 aliphatic heterocycles. The van der Waals surface area contributed by atoms with Crippen molar-refractivity contribution in [3.63, 3.8) is 0 Å². The lowest BCUT2D eigenvalue weighted by molar-refractivity contribution is 0.0976. The van der Waals surface area contributed by atoms with Crippen LogP contribution in [0, 0.1) is 6.92 Å². The molecule has 0 aliphatic rings. The minimum Gasteiger partial charge on any atom is -0.494 e. The van der Waals surface area contributed by atoms with E-state index < -0.39 is 0 Å². The van der Waals surface area contributed by atoms with Gasteiger partial charge in [0, 0.05) is 11.3 Å². The number of hydrogen-bond acceptors (Lipinski definition) is 4. The number of para-hydroxylation sites is 1. The van der Waals surface area contributed by atoms with Gasteiger partial charge in [-0.15, -0.1) is 0 Å². The van der Waals surface area contributed by atoms with Crippen LogP contribution in [0.2, 0.25) is 0 Å². The Morgan fingerprint density at radius 2 is 1.48 bits per heavy atom. The number of aryl methyl sites for hydroxylation is 1. The van der Waals surface area contributed by atoms with Gasteiger partial charge in [0.15, 0.2) is 5.11 Å². The van der Waals surface area contributed by atoms with Gasteiger partial charge >= 0.3 is 0 Å².